The molecule has 2 rings (SSSR count). The Morgan fingerprint density at radius 3 is 2.45 bits per heavy atom. The van der Waals surface area contributed by atoms with Gasteiger partial charge in [-0.15, -0.1) is 0 Å². The normalized spacial score (nSPS) is 17.9. The number of likely N-dealkylation sites (tertiary alicyclic amines) is 1. The van der Waals surface area contributed by atoms with Gasteiger partial charge in [-0.1, -0.05) is 37.8 Å². The molecular weight excluding hydrogens is 270 g/mol. The fourth-order valence-electron chi connectivity index (χ4n) is 2.91. The molecule has 1 aliphatic rings. The van der Waals surface area contributed by atoms with Gasteiger partial charge in [-0.3, -0.25) is 9.69 Å². The van der Waals surface area contributed by atoms with E-state index in [1.807, 2.05) is 24.3 Å². The van der Waals surface area contributed by atoms with Crippen molar-refractivity contribution in [2.75, 3.05) is 13.1 Å². The van der Waals surface area contributed by atoms with Crippen LogP contribution in [0.5, 0.6) is 0 Å². The van der Waals surface area contributed by atoms with E-state index < -0.39 is 0 Å². The van der Waals surface area contributed by atoms with Gasteiger partial charge in [0.15, 0.2) is 5.78 Å². The molecule has 0 aromatic heterocycles. The topological polar surface area (TPSA) is 20.3 Å². The van der Waals surface area contributed by atoms with E-state index in [1.54, 1.807) is 0 Å². The monoisotopic (exact) mass is 293 g/mol. The van der Waals surface area contributed by atoms with Crippen LogP contribution in [-0.2, 0) is 0 Å². The van der Waals surface area contributed by atoms with Crippen molar-refractivity contribution in [3.63, 3.8) is 0 Å². The zero-order valence-corrected chi connectivity index (χ0v) is 13.0. The predicted octanol–water partition coefficient (Wildman–Crippen LogP) is 4.57. The number of benzene rings is 1. The Balaban J connectivity index is 2.11. The summed E-state index contributed by atoms with van der Waals surface area (Å²) in [7, 11) is 0. The first-order valence-electron chi connectivity index (χ1n) is 7.76. The highest BCUT2D eigenvalue weighted by Crippen LogP contribution is 2.21. The van der Waals surface area contributed by atoms with Gasteiger partial charge in [0.2, 0.25) is 0 Å². The molecule has 1 aromatic carbocycles. The highest BCUT2D eigenvalue weighted by molar-refractivity contribution is 6.30. The van der Waals surface area contributed by atoms with Crippen LogP contribution in [0, 0.1) is 0 Å². The number of unbranched alkanes of at least 4 members (excludes halogenated alkanes) is 1. The van der Waals surface area contributed by atoms with Crippen molar-refractivity contribution in [1.29, 1.82) is 0 Å². The van der Waals surface area contributed by atoms with Gasteiger partial charge < -0.3 is 0 Å². The summed E-state index contributed by atoms with van der Waals surface area (Å²) in [4.78, 5) is 15.2. The number of carbonyl (C=O) groups excluding carboxylic acids is 1. The zero-order valence-electron chi connectivity index (χ0n) is 12.3. The van der Waals surface area contributed by atoms with Crippen LogP contribution in [-0.4, -0.2) is 29.8 Å². The number of hydrogen-bond acceptors (Lipinski definition) is 2. The first-order valence-corrected chi connectivity index (χ1v) is 8.14. The molecule has 0 spiro atoms. The number of halogens is 1. The summed E-state index contributed by atoms with van der Waals surface area (Å²) in [5.74, 6) is 0.261. The maximum Gasteiger partial charge on any atom is 0.179 e. The molecule has 2 nitrogen and oxygen atoms in total. The van der Waals surface area contributed by atoms with E-state index in [0.717, 1.165) is 37.9 Å². The SMILES string of the molecule is CCCCC(C(=O)c1ccc(Cl)cc1)N1CCCCC1. The summed E-state index contributed by atoms with van der Waals surface area (Å²) in [6.45, 7) is 4.31. The number of ketones is 1. The third kappa shape index (κ3) is 4.07. The predicted molar refractivity (Wildman–Crippen MR) is 84.5 cm³/mol. The van der Waals surface area contributed by atoms with Crippen molar-refractivity contribution in [2.45, 2.75) is 51.5 Å². The Kier molecular flexibility index (Phi) is 6.06. The maximum absolute atomic E-state index is 12.8. The minimum Gasteiger partial charge on any atom is -0.293 e. The average molecular weight is 294 g/mol. The van der Waals surface area contributed by atoms with Crippen molar-refractivity contribution in [3.8, 4) is 0 Å². The number of piperidine rings is 1. The van der Waals surface area contributed by atoms with Crippen molar-refractivity contribution >= 4 is 17.4 Å². The molecule has 1 saturated heterocycles. The van der Waals surface area contributed by atoms with Crippen molar-refractivity contribution in [1.82, 2.24) is 4.90 Å². The van der Waals surface area contributed by atoms with E-state index >= 15 is 0 Å². The molecule has 0 radical (unpaired) electrons. The molecule has 1 atom stereocenters. The minimum absolute atomic E-state index is 0.0522. The van der Waals surface area contributed by atoms with Gasteiger partial charge in [0.05, 0.1) is 6.04 Å². The van der Waals surface area contributed by atoms with Gasteiger partial charge in [-0.2, -0.15) is 0 Å². The second kappa shape index (κ2) is 7.80. The second-order valence-corrected chi connectivity index (χ2v) is 6.06. The first kappa shape index (κ1) is 15.5. The lowest BCUT2D eigenvalue weighted by Gasteiger charge is -2.33. The van der Waals surface area contributed by atoms with Crippen LogP contribution in [0.3, 0.4) is 0 Å². The summed E-state index contributed by atoms with van der Waals surface area (Å²) < 4.78 is 0. The third-order valence-corrected chi connectivity index (χ3v) is 4.35. The summed E-state index contributed by atoms with van der Waals surface area (Å²) in [5.41, 5.74) is 0.793. The van der Waals surface area contributed by atoms with E-state index in [0.29, 0.717) is 5.02 Å². The first-order chi connectivity index (χ1) is 9.72. The molecule has 0 aliphatic carbocycles. The molecule has 1 unspecified atom stereocenters. The molecule has 1 aliphatic heterocycles. The Labute approximate surface area is 127 Å². The fourth-order valence-corrected chi connectivity index (χ4v) is 3.04. The van der Waals surface area contributed by atoms with Gasteiger partial charge >= 0.3 is 0 Å². The molecule has 1 fully saturated rings. The molecule has 1 heterocycles. The van der Waals surface area contributed by atoms with Gasteiger partial charge in [0, 0.05) is 10.6 Å². The molecule has 3 heteroatoms. The van der Waals surface area contributed by atoms with Gasteiger partial charge in [-0.25, -0.2) is 0 Å². The number of rotatable bonds is 6. The van der Waals surface area contributed by atoms with Crippen molar-refractivity contribution in [2.24, 2.45) is 0 Å². The van der Waals surface area contributed by atoms with Crippen LogP contribution in [0.2, 0.25) is 5.02 Å². The zero-order chi connectivity index (χ0) is 14.4. The van der Waals surface area contributed by atoms with Crippen LogP contribution >= 0.6 is 11.6 Å². The van der Waals surface area contributed by atoms with Crippen LogP contribution in [0.1, 0.15) is 55.8 Å². The van der Waals surface area contributed by atoms with E-state index in [9.17, 15) is 4.79 Å². The third-order valence-electron chi connectivity index (χ3n) is 4.09. The number of nitrogens with zero attached hydrogens (tertiary/aromatic N) is 1. The van der Waals surface area contributed by atoms with Gasteiger partial charge in [0.1, 0.15) is 0 Å². The smallest absolute Gasteiger partial charge is 0.179 e. The van der Waals surface area contributed by atoms with E-state index in [4.69, 9.17) is 11.6 Å². The molecule has 0 amide bonds. The van der Waals surface area contributed by atoms with Crippen LogP contribution in [0.15, 0.2) is 24.3 Å². The number of carbonyl (C=O) groups is 1. The Morgan fingerprint density at radius 1 is 1.20 bits per heavy atom. The minimum atomic E-state index is 0.0522. The van der Waals surface area contributed by atoms with Crippen LogP contribution in [0.4, 0.5) is 0 Å². The molecule has 1 aromatic rings. The Hall–Kier alpha value is -0.860. The summed E-state index contributed by atoms with van der Waals surface area (Å²) >= 11 is 5.91. The summed E-state index contributed by atoms with van der Waals surface area (Å²) in [5, 5.41) is 0.685. The number of hydrogen-bond donors (Lipinski definition) is 0. The van der Waals surface area contributed by atoms with Crippen molar-refractivity contribution in [3.05, 3.63) is 34.9 Å². The van der Waals surface area contributed by atoms with E-state index in [2.05, 4.69) is 11.8 Å². The standard InChI is InChI=1S/C17H24ClNO/c1-2-3-7-16(19-12-5-4-6-13-19)17(20)14-8-10-15(18)11-9-14/h8-11,16H,2-7,12-13H2,1H3. The van der Waals surface area contributed by atoms with E-state index in [1.165, 1.54) is 19.3 Å². The van der Waals surface area contributed by atoms with Crippen LogP contribution < -0.4 is 0 Å². The number of Topliss-reactive ketones (excluding diaryl/α,β-unsaturated/α-hetero) is 1. The molecule has 20 heavy (non-hydrogen) atoms. The maximum atomic E-state index is 12.8. The van der Waals surface area contributed by atoms with Crippen LogP contribution in [0.25, 0.3) is 0 Å². The highest BCUT2D eigenvalue weighted by Gasteiger charge is 2.27. The Morgan fingerprint density at radius 2 is 1.85 bits per heavy atom. The fraction of sp³-hybridized carbons (Fsp3) is 0.588. The molecule has 0 bridgehead atoms. The molecule has 0 N–H and O–H groups in total. The molecular formula is C17H24ClNO. The largest absolute Gasteiger partial charge is 0.293 e. The van der Waals surface area contributed by atoms with Crippen molar-refractivity contribution < 1.29 is 4.79 Å². The lowest BCUT2D eigenvalue weighted by molar-refractivity contribution is 0.0765. The molecule has 110 valence electrons. The lowest BCUT2D eigenvalue weighted by atomic mass is 9.96. The molecule has 0 saturated carbocycles. The summed E-state index contributed by atoms with van der Waals surface area (Å²) in [6, 6.07) is 7.38. The van der Waals surface area contributed by atoms with Gasteiger partial charge in [0.25, 0.3) is 0 Å². The van der Waals surface area contributed by atoms with Gasteiger partial charge in [-0.05, 0) is 56.6 Å². The quantitative estimate of drug-likeness (QED) is 0.716. The summed E-state index contributed by atoms with van der Waals surface area (Å²) in [6.07, 6.45) is 6.95. The van der Waals surface area contributed by atoms with E-state index in [-0.39, 0.29) is 11.8 Å². The lowest BCUT2D eigenvalue weighted by Crippen LogP contribution is -2.44. The Bertz CT molecular complexity index is 423. The average Bonchev–Trinajstić information content (AvgIpc) is 2.49. The second-order valence-electron chi connectivity index (χ2n) is 5.63. The highest BCUT2D eigenvalue weighted by atomic mass is 35.5.